The van der Waals surface area contributed by atoms with Crippen LogP contribution < -0.4 is 10.7 Å². The van der Waals surface area contributed by atoms with E-state index in [0.717, 1.165) is 0 Å². The second kappa shape index (κ2) is 4.93. The number of carbonyl (C=O) groups is 1. The fourth-order valence-corrected chi connectivity index (χ4v) is 1.24. The summed E-state index contributed by atoms with van der Waals surface area (Å²) in [6.07, 6.45) is 6.99. The van der Waals surface area contributed by atoms with Gasteiger partial charge in [-0.05, 0) is 24.3 Å². The number of hydrazone groups is 1. The minimum atomic E-state index is -0.173. The van der Waals surface area contributed by atoms with Crippen LogP contribution in [0.15, 0.2) is 59.9 Å². The quantitative estimate of drug-likeness (QED) is 0.741. The summed E-state index contributed by atoms with van der Waals surface area (Å²) in [5.41, 5.74) is 3.29. The molecular weight excluding hydrogens is 202 g/mol. The second-order valence-corrected chi connectivity index (χ2v) is 3.16. The van der Waals surface area contributed by atoms with E-state index in [1.807, 2.05) is 18.2 Å². The lowest BCUT2D eigenvalue weighted by Gasteiger charge is -2.03. The summed E-state index contributed by atoms with van der Waals surface area (Å²) in [6.45, 7) is 0. The number of amides is 1. The van der Waals surface area contributed by atoms with E-state index in [9.17, 15) is 4.79 Å². The summed E-state index contributed by atoms with van der Waals surface area (Å²) < 4.78 is 0. The molecule has 4 heteroatoms. The average Bonchev–Trinajstić information content (AvgIpc) is 2.59. The third kappa shape index (κ3) is 2.57. The Morgan fingerprint density at radius 2 is 2.00 bits per heavy atom. The molecule has 0 radical (unpaired) electrons. The van der Waals surface area contributed by atoms with Crippen molar-refractivity contribution < 1.29 is 4.79 Å². The van der Waals surface area contributed by atoms with E-state index in [0.29, 0.717) is 11.4 Å². The van der Waals surface area contributed by atoms with Gasteiger partial charge in [-0.25, -0.2) is 0 Å². The molecule has 4 nitrogen and oxygen atoms in total. The highest BCUT2D eigenvalue weighted by Crippen LogP contribution is 1.98. The van der Waals surface area contributed by atoms with Crippen molar-refractivity contribution in [2.75, 3.05) is 0 Å². The number of carbonyl (C=O) groups excluding carboxylic acids is 1. The molecular formula is C12H11N3O. The van der Waals surface area contributed by atoms with Gasteiger partial charge >= 0.3 is 0 Å². The molecule has 1 aliphatic heterocycles. The standard InChI is InChI=1S/C12H11N3O/c16-12(10-6-2-1-3-7-10)14-11-8-4-5-9-13-15-11/h1-9,13H,(H,14,15,16). The number of hydrogen-bond acceptors (Lipinski definition) is 3. The van der Waals surface area contributed by atoms with Crippen molar-refractivity contribution in [2.24, 2.45) is 5.10 Å². The first-order valence-electron chi connectivity index (χ1n) is 4.89. The number of hydrogen-bond donors (Lipinski definition) is 2. The highest BCUT2D eigenvalue weighted by atomic mass is 16.1. The summed E-state index contributed by atoms with van der Waals surface area (Å²) in [7, 11) is 0. The molecule has 1 aliphatic rings. The molecule has 80 valence electrons. The van der Waals surface area contributed by atoms with Gasteiger partial charge in [0.1, 0.15) is 0 Å². The van der Waals surface area contributed by atoms with E-state index in [2.05, 4.69) is 15.8 Å². The van der Waals surface area contributed by atoms with E-state index < -0.39 is 0 Å². The predicted molar refractivity (Wildman–Crippen MR) is 62.8 cm³/mol. The Morgan fingerprint density at radius 1 is 1.19 bits per heavy atom. The first-order chi connectivity index (χ1) is 7.86. The van der Waals surface area contributed by atoms with Crippen LogP contribution in [-0.4, -0.2) is 11.7 Å². The van der Waals surface area contributed by atoms with Crippen molar-refractivity contribution in [3.63, 3.8) is 0 Å². The van der Waals surface area contributed by atoms with E-state index >= 15 is 0 Å². The van der Waals surface area contributed by atoms with Crippen LogP contribution in [0.5, 0.6) is 0 Å². The third-order valence-electron chi connectivity index (χ3n) is 2.00. The van der Waals surface area contributed by atoms with Crippen molar-refractivity contribution in [3.8, 4) is 0 Å². The monoisotopic (exact) mass is 213 g/mol. The molecule has 0 bridgehead atoms. The van der Waals surface area contributed by atoms with Gasteiger partial charge in [-0.2, -0.15) is 5.10 Å². The lowest BCUT2D eigenvalue weighted by atomic mass is 10.2. The van der Waals surface area contributed by atoms with Crippen LogP contribution in [0.1, 0.15) is 10.4 Å². The number of nitrogens with zero attached hydrogens (tertiary/aromatic N) is 1. The van der Waals surface area contributed by atoms with Crippen molar-refractivity contribution in [1.82, 2.24) is 10.7 Å². The zero-order chi connectivity index (χ0) is 11.2. The van der Waals surface area contributed by atoms with Gasteiger partial charge in [-0.3, -0.25) is 10.2 Å². The van der Waals surface area contributed by atoms with E-state index in [4.69, 9.17) is 0 Å². The first-order valence-corrected chi connectivity index (χ1v) is 4.89. The highest BCUT2D eigenvalue weighted by Gasteiger charge is 2.06. The van der Waals surface area contributed by atoms with Gasteiger partial charge in [0, 0.05) is 11.8 Å². The topological polar surface area (TPSA) is 53.5 Å². The summed E-state index contributed by atoms with van der Waals surface area (Å²) in [6, 6.07) is 9.01. The third-order valence-corrected chi connectivity index (χ3v) is 2.00. The fraction of sp³-hybridized carbons (Fsp3) is 0. The van der Waals surface area contributed by atoms with Crippen molar-refractivity contribution in [2.45, 2.75) is 0 Å². The van der Waals surface area contributed by atoms with Gasteiger partial charge in [-0.1, -0.05) is 24.3 Å². The normalized spacial score (nSPS) is 13.6. The molecule has 0 spiro atoms. The minimum Gasteiger partial charge on any atom is -0.305 e. The second-order valence-electron chi connectivity index (χ2n) is 3.16. The van der Waals surface area contributed by atoms with Crippen LogP contribution in [-0.2, 0) is 0 Å². The predicted octanol–water partition coefficient (Wildman–Crippen LogP) is 1.40. The summed E-state index contributed by atoms with van der Waals surface area (Å²) in [5, 5.41) is 6.65. The molecule has 0 aliphatic carbocycles. The lowest BCUT2D eigenvalue weighted by Crippen LogP contribution is -2.30. The number of rotatable bonds is 1. The zero-order valence-electron chi connectivity index (χ0n) is 8.55. The van der Waals surface area contributed by atoms with Crippen LogP contribution in [0.25, 0.3) is 0 Å². The van der Waals surface area contributed by atoms with E-state index in [1.54, 1.807) is 36.6 Å². The Balaban J connectivity index is 2.06. The fourth-order valence-electron chi connectivity index (χ4n) is 1.24. The van der Waals surface area contributed by atoms with Crippen LogP contribution in [0, 0.1) is 0 Å². The summed E-state index contributed by atoms with van der Waals surface area (Å²) in [5.74, 6) is 0.312. The van der Waals surface area contributed by atoms with Gasteiger partial charge in [-0.15, -0.1) is 0 Å². The first kappa shape index (κ1) is 10.2. The van der Waals surface area contributed by atoms with Crippen LogP contribution >= 0.6 is 0 Å². The van der Waals surface area contributed by atoms with Crippen LogP contribution in [0.2, 0.25) is 0 Å². The van der Waals surface area contributed by atoms with E-state index in [1.165, 1.54) is 0 Å². The summed E-state index contributed by atoms with van der Waals surface area (Å²) >= 11 is 0. The molecule has 1 aromatic rings. The molecule has 0 atom stereocenters. The molecule has 0 saturated carbocycles. The van der Waals surface area contributed by atoms with Gasteiger partial charge in [0.2, 0.25) is 0 Å². The van der Waals surface area contributed by atoms with Gasteiger partial charge in [0.05, 0.1) is 0 Å². The smallest absolute Gasteiger partial charge is 0.256 e. The molecule has 16 heavy (non-hydrogen) atoms. The molecule has 1 amide bonds. The molecule has 0 fully saturated rings. The molecule has 2 N–H and O–H groups in total. The molecule has 0 aromatic heterocycles. The van der Waals surface area contributed by atoms with Crippen molar-refractivity contribution in [1.29, 1.82) is 0 Å². The maximum atomic E-state index is 11.8. The number of allylic oxidation sites excluding steroid dienone is 2. The largest absolute Gasteiger partial charge is 0.305 e. The lowest BCUT2D eigenvalue weighted by molar-refractivity contribution is 0.0977. The molecule has 0 saturated heterocycles. The molecule has 1 heterocycles. The van der Waals surface area contributed by atoms with Gasteiger partial charge < -0.3 is 5.32 Å². The molecule has 0 unspecified atom stereocenters. The average molecular weight is 213 g/mol. The number of benzene rings is 1. The Kier molecular flexibility index (Phi) is 3.13. The number of nitrogens with one attached hydrogen (secondary N) is 2. The zero-order valence-corrected chi connectivity index (χ0v) is 8.55. The van der Waals surface area contributed by atoms with Crippen molar-refractivity contribution >= 4 is 11.7 Å². The maximum Gasteiger partial charge on any atom is 0.256 e. The van der Waals surface area contributed by atoms with Gasteiger partial charge in [0.15, 0.2) is 5.84 Å². The SMILES string of the molecule is O=C(NC1=NNC=CC=C1)c1ccccc1. The van der Waals surface area contributed by atoms with Crippen LogP contribution in [0.3, 0.4) is 0 Å². The van der Waals surface area contributed by atoms with Crippen molar-refractivity contribution in [3.05, 3.63) is 60.3 Å². The highest BCUT2D eigenvalue weighted by molar-refractivity contribution is 6.10. The summed E-state index contributed by atoms with van der Waals surface area (Å²) in [4.78, 5) is 11.8. The van der Waals surface area contributed by atoms with E-state index in [-0.39, 0.29) is 5.91 Å². The Morgan fingerprint density at radius 3 is 2.81 bits per heavy atom. The Hall–Kier alpha value is -2.36. The molecule has 2 rings (SSSR count). The maximum absolute atomic E-state index is 11.8. The Bertz CT molecular complexity index is 460. The Labute approximate surface area is 93.4 Å². The molecule has 1 aromatic carbocycles. The van der Waals surface area contributed by atoms with Crippen LogP contribution in [0.4, 0.5) is 0 Å². The minimum absolute atomic E-state index is 0.173. The van der Waals surface area contributed by atoms with Gasteiger partial charge in [0.25, 0.3) is 5.91 Å². The number of amidine groups is 1.